The van der Waals surface area contributed by atoms with Crippen molar-refractivity contribution in [2.45, 2.75) is 85.0 Å². The fraction of sp³-hybridized carbons (Fsp3) is 0.471. The van der Waals surface area contributed by atoms with Gasteiger partial charge in [0.25, 0.3) is 0 Å². The largest absolute Gasteiger partial charge is 0.494 e. The molecule has 1 aromatic heterocycles. The van der Waals surface area contributed by atoms with Gasteiger partial charge in [0.05, 0.1) is 17.6 Å². The second-order valence-electron chi connectivity index (χ2n) is 13.3. The Kier molecular flexibility index (Phi) is 8.59. The van der Waals surface area contributed by atoms with Crippen LogP contribution in [0.3, 0.4) is 0 Å². The number of hydrogen-bond donors (Lipinski definition) is 0. The molecule has 4 aromatic rings. The van der Waals surface area contributed by atoms with E-state index < -0.39 is 21.8 Å². The number of sulfonamides is 1. The number of ether oxygens (including phenoxy) is 1. The molecule has 11 heteroatoms. The summed E-state index contributed by atoms with van der Waals surface area (Å²) in [5.74, 6) is 0.424. The Hall–Kier alpha value is -3.44. The molecule has 0 radical (unpaired) electrons. The first-order chi connectivity index (χ1) is 21.0. The Morgan fingerprint density at radius 2 is 1.78 bits per heavy atom. The number of aryl methyl sites for hydroxylation is 3. The lowest BCUT2D eigenvalue weighted by Gasteiger charge is -2.34. The molecule has 0 bridgehead atoms. The van der Waals surface area contributed by atoms with Gasteiger partial charge in [0.1, 0.15) is 16.8 Å². The van der Waals surface area contributed by atoms with Crippen molar-refractivity contribution in [2.75, 3.05) is 13.7 Å². The smallest absolute Gasteiger partial charge is 0.416 e. The van der Waals surface area contributed by atoms with Crippen LogP contribution in [0.5, 0.6) is 5.75 Å². The van der Waals surface area contributed by atoms with E-state index in [2.05, 4.69) is 49.3 Å². The van der Waals surface area contributed by atoms with Crippen LogP contribution in [0.1, 0.15) is 79.5 Å². The highest BCUT2D eigenvalue weighted by atomic mass is 32.2. The molecule has 0 spiro atoms. The first kappa shape index (κ1) is 32.9. The Labute approximate surface area is 263 Å². The maximum Gasteiger partial charge on any atom is 0.416 e. The molecule has 2 atom stereocenters. The van der Waals surface area contributed by atoms with E-state index in [1.54, 1.807) is 7.11 Å². The van der Waals surface area contributed by atoms with E-state index in [9.17, 15) is 21.6 Å². The number of rotatable bonds is 6. The van der Waals surface area contributed by atoms with Crippen molar-refractivity contribution in [3.05, 3.63) is 81.4 Å². The van der Waals surface area contributed by atoms with E-state index in [4.69, 9.17) is 4.74 Å². The van der Waals surface area contributed by atoms with Gasteiger partial charge in [-0.3, -0.25) is 0 Å². The highest BCUT2D eigenvalue weighted by molar-refractivity contribution is 7.89. The third kappa shape index (κ3) is 6.08. The fourth-order valence-electron chi connectivity index (χ4n) is 6.66. The summed E-state index contributed by atoms with van der Waals surface area (Å²) in [7, 11) is -2.41. The van der Waals surface area contributed by atoms with Crippen LogP contribution in [-0.2, 0) is 35.7 Å². The number of benzene rings is 3. The molecule has 5 rings (SSSR count). The number of aromatic nitrogens is 3. The summed E-state index contributed by atoms with van der Waals surface area (Å²) in [4.78, 5) is -0.0580. The summed E-state index contributed by atoms with van der Waals surface area (Å²) in [6, 6.07) is 11.2. The van der Waals surface area contributed by atoms with Gasteiger partial charge >= 0.3 is 6.18 Å². The highest BCUT2D eigenvalue weighted by Gasteiger charge is 2.37. The number of hydrogen-bond acceptors (Lipinski definition) is 5. The molecule has 242 valence electrons. The Morgan fingerprint density at radius 3 is 2.40 bits per heavy atom. The molecule has 2 heterocycles. The van der Waals surface area contributed by atoms with Crippen LogP contribution >= 0.6 is 0 Å². The quantitative estimate of drug-likeness (QED) is 0.216. The molecule has 0 amide bonds. The Bertz CT molecular complexity index is 1860. The third-order valence-corrected chi connectivity index (χ3v) is 10.8. The molecule has 1 aliphatic heterocycles. The molecule has 45 heavy (non-hydrogen) atoms. The second kappa shape index (κ2) is 11.7. The molecule has 0 fully saturated rings. The standard InChI is InChI=1S/C34H41F3N4O3S/c1-9-41-32-28(44-8)17-27(22(4)31(32)38-39-41)30(33(5,6)7)23-11-10-21(3)25(15-23)19-40-18-20(2)14-24-16-26(34(35,36)37)12-13-29(24)45(40,42)43/h10-13,15-17,20,30H,9,14,18-19H2,1-8H3/t20-,30-/m0/s1. The number of nitrogens with zero attached hydrogens (tertiary/aromatic N) is 4. The summed E-state index contributed by atoms with van der Waals surface area (Å²) in [5.41, 5.74) is 5.61. The van der Waals surface area contributed by atoms with Crippen LogP contribution < -0.4 is 4.74 Å². The first-order valence-electron chi connectivity index (χ1n) is 15.2. The van der Waals surface area contributed by atoms with Gasteiger partial charge in [0.2, 0.25) is 10.0 Å². The predicted molar refractivity (Wildman–Crippen MR) is 169 cm³/mol. The maximum absolute atomic E-state index is 13.9. The molecule has 1 aliphatic rings. The van der Waals surface area contributed by atoms with Crippen LogP contribution in [0.15, 0.2) is 47.4 Å². The van der Waals surface area contributed by atoms with Gasteiger partial charge in [-0.15, -0.1) is 5.10 Å². The zero-order chi connectivity index (χ0) is 33.1. The predicted octanol–water partition coefficient (Wildman–Crippen LogP) is 7.66. The third-order valence-electron chi connectivity index (χ3n) is 8.88. The van der Waals surface area contributed by atoms with Crippen molar-refractivity contribution >= 4 is 21.1 Å². The zero-order valence-electron chi connectivity index (χ0n) is 27.1. The number of methoxy groups -OCH3 is 1. The monoisotopic (exact) mass is 642 g/mol. The molecular formula is C34H41F3N4O3S. The summed E-state index contributed by atoms with van der Waals surface area (Å²) >= 11 is 0. The highest BCUT2D eigenvalue weighted by Crippen LogP contribution is 2.45. The topological polar surface area (TPSA) is 77.3 Å². The summed E-state index contributed by atoms with van der Waals surface area (Å²) in [6.07, 6.45) is -4.30. The van der Waals surface area contributed by atoms with Crippen molar-refractivity contribution in [1.29, 1.82) is 0 Å². The summed E-state index contributed by atoms with van der Waals surface area (Å²) in [6.45, 7) is 15.3. The van der Waals surface area contributed by atoms with Crippen molar-refractivity contribution in [2.24, 2.45) is 11.3 Å². The van der Waals surface area contributed by atoms with Crippen LogP contribution in [0, 0.1) is 25.2 Å². The first-order valence-corrected chi connectivity index (χ1v) is 16.6. The summed E-state index contributed by atoms with van der Waals surface area (Å²) < 4.78 is 77.3. The van der Waals surface area contributed by atoms with E-state index in [0.29, 0.717) is 12.3 Å². The van der Waals surface area contributed by atoms with E-state index in [1.165, 1.54) is 4.31 Å². The van der Waals surface area contributed by atoms with Crippen molar-refractivity contribution in [1.82, 2.24) is 19.3 Å². The minimum atomic E-state index is -4.55. The second-order valence-corrected chi connectivity index (χ2v) is 15.2. The molecule has 0 saturated carbocycles. The van der Waals surface area contributed by atoms with Crippen molar-refractivity contribution in [3.8, 4) is 5.75 Å². The minimum Gasteiger partial charge on any atom is -0.494 e. The average Bonchev–Trinajstić information content (AvgIpc) is 3.35. The lowest BCUT2D eigenvalue weighted by molar-refractivity contribution is -0.137. The number of alkyl halides is 3. The van der Waals surface area contributed by atoms with Crippen LogP contribution in [0.4, 0.5) is 13.2 Å². The van der Waals surface area contributed by atoms with Crippen LogP contribution in [0.25, 0.3) is 11.0 Å². The lowest BCUT2D eigenvalue weighted by Crippen LogP contribution is -2.33. The lowest BCUT2D eigenvalue weighted by atomic mass is 9.71. The average molecular weight is 643 g/mol. The van der Waals surface area contributed by atoms with Crippen LogP contribution in [-0.4, -0.2) is 41.4 Å². The van der Waals surface area contributed by atoms with E-state index in [1.807, 2.05) is 38.4 Å². The molecule has 0 N–H and O–H groups in total. The van der Waals surface area contributed by atoms with Gasteiger partial charge in [-0.2, -0.15) is 17.5 Å². The van der Waals surface area contributed by atoms with Gasteiger partial charge in [-0.25, -0.2) is 13.1 Å². The molecule has 0 unspecified atom stereocenters. The molecule has 0 saturated heterocycles. The minimum absolute atomic E-state index is 0.0580. The molecular weight excluding hydrogens is 601 g/mol. The summed E-state index contributed by atoms with van der Waals surface area (Å²) in [5, 5.41) is 8.83. The van der Waals surface area contributed by atoms with E-state index in [-0.39, 0.29) is 47.2 Å². The Balaban J connectivity index is 1.59. The van der Waals surface area contributed by atoms with Gasteiger partial charge < -0.3 is 4.74 Å². The molecule has 7 nitrogen and oxygen atoms in total. The van der Waals surface area contributed by atoms with Gasteiger partial charge in [0, 0.05) is 25.6 Å². The SMILES string of the molecule is CCn1nnc2c(C)c([C@H](c3ccc(C)c(CN4C[C@@H](C)Cc5cc(C(F)(F)F)ccc5S4(=O)=O)c3)C(C)(C)C)cc(OC)c21. The normalized spacial score (nSPS) is 18.1. The van der Waals surface area contributed by atoms with Gasteiger partial charge in [-0.1, -0.05) is 51.1 Å². The molecule has 3 aromatic carbocycles. The van der Waals surface area contributed by atoms with Crippen LogP contribution in [0.2, 0.25) is 0 Å². The fourth-order valence-corrected chi connectivity index (χ4v) is 8.41. The Morgan fingerprint density at radius 1 is 1.07 bits per heavy atom. The maximum atomic E-state index is 13.9. The van der Waals surface area contributed by atoms with Crippen molar-refractivity contribution in [3.63, 3.8) is 0 Å². The van der Waals surface area contributed by atoms with Gasteiger partial charge in [-0.05, 0) is 96.2 Å². The van der Waals surface area contributed by atoms with Gasteiger partial charge in [0.15, 0.2) is 0 Å². The zero-order valence-corrected chi connectivity index (χ0v) is 27.9. The molecule has 0 aliphatic carbocycles. The number of fused-ring (bicyclic) bond motifs is 2. The van der Waals surface area contributed by atoms with E-state index >= 15 is 0 Å². The van der Waals surface area contributed by atoms with Crippen molar-refractivity contribution < 1.29 is 26.3 Å². The van der Waals surface area contributed by atoms with E-state index in [0.717, 1.165) is 57.0 Å². The number of halogens is 3.